The maximum Gasteiger partial charge on any atom is 0.341 e. The molecule has 0 bridgehead atoms. The summed E-state index contributed by atoms with van der Waals surface area (Å²) >= 11 is 1.67. The van der Waals surface area contributed by atoms with Crippen LogP contribution in [-0.4, -0.2) is 51.2 Å². The molecule has 39 heavy (non-hydrogen) atoms. The highest BCUT2D eigenvalue weighted by atomic mass is 32.1. The molecule has 0 fully saturated rings. The third kappa shape index (κ3) is 5.33. The van der Waals surface area contributed by atoms with Gasteiger partial charge in [0.05, 0.1) is 19.2 Å². The monoisotopic (exact) mass is 544 g/mol. The second-order valence-electron chi connectivity index (χ2n) is 9.38. The highest BCUT2D eigenvalue weighted by Crippen LogP contribution is 2.39. The number of benzene rings is 2. The SMILES string of the molecule is COC(=O)C[C@@H]1N=C(c2ccc(Cc3ccc(OCC(=O)O)cc3)cc2)c2c(sc(C)c2C)-n2c(C)nnc21. The molecular weight excluding hydrogens is 516 g/mol. The van der Waals surface area contributed by atoms with Gasteiger partial charge in [-0.15, -0.1) is 21.5 Å². The number of hydrogen-bond donors (Lipinski definition) is 1. The zero-order chi connectivity index (χ0) is 27.7. The van der Waals surface area contributed by atoms with Gasteiger partial charge in [-0.05, 0) is 56.0 Å². The lowest BCUT2D eigenvalue weighted by Gasteiger charge is -2.12. The third-order valence-electron chi connectivity index (χ3n) is 6.75. The number of nitrogens with zero attached hydrogens (tertiary/aromatic N) is 4. The standard InChI is InChI=1S/C29H28N4O5S/c1-16-17(2)39-29-26(16)27(30-23(14-25(36)37-4)28-32-31-18(3)33(28)29)21-9-5-19(6-10-21)13-20-7-11-22(12-8-20)38-15-24(34)35/h5-12,23H,13-15H2,1-4H3,(H,34,35)/t23-/m0/s1. The van der Waals surface area contributed by atoms with Gasteiger partial charge < -0.3 is 14.6 Å². The Morgan fingerprint density at radius 2 is 1.67 bits per heavy atom. The molecule has 200 valence electrons. The summed E-state index contributed by atoms with van der Waals surface area (Å²) < 4.78 is 12.2. The maximum atomic E-state index is 12.3. The van der Waals surface area contributed by atoms with Crippen LogP contribution in [-0.2, 0) is 20.7 Å². The number of aliphatic imine (C=N–C) groups is 1. The van der Waals surface area contributed by atoms with Crippen molar-refractivity contribution in [1.82, 2.24) is 14.8 Å². The number of carbonyl (C=O) groups excluding carboxylic acids is 1. The van der Waals surface area contributed by atoms with Crippen molar-refractivity contribution < 1.29 is 24.2 Å². The number of fused-ring (bicyclic) bond motifs is 3. The Bertz CT molecular complexity index is 1570. The largest absolute Gasteiger partial charge is 0.482 e. The number of aliphatic carboxylic acids is 1. The zero-order valence-electron chi connectivity index (χ0n) is 22.1. The lowest BCUT2D eigenvalue weighted by atomic mass is 9.97. The van der Waals surface area contributed by atoms with Gasteiger partial charge in [0.1, 0.15) is 22.6 Å². The van der Waals surface area contributed by atoms with Crippen molar-refractivity contribution in [3.8, 4) is 10.8 Å². The van der Waals surface area contributed by atoms with Crippen molar-refractivity contribution in [2.45, 2.75) is 39.7 Å². The first kappa shape index (κ1) is 26.3. The van der Waals surface area contributed by atoms with Gasteiger partial charge in [-0.1, -0.05) is 36.4 Å². The number of rotatable bonds is 8. The van der Waals surface area contributed by atoms with E-state index in [0.717, 1.165) is 44.4 Å². The van der Waals surface area contributed by atoms with E-state index in [2.05, 4.69) is 48.3 Å². The predicted molar refractivity (Wildman–Crippen MR) is 147 cm³/mol. The van der Waals surface area contributed by atoms with Crippen LogP contribution in [0.15, 0.2) is 53.5 Å². The van der Waals surface area contributed by atoms with E-state index in [1.165, 1.54) is 12.0 Å². The molecule has 0 spiro atoms. The molecule has 0 radical (unpaired) electrons. The summed E-state index contributed by atoms with van der Waals surface area (Å²) in [6, 6.07) is 15.1. The van der Waals surface area contributed by atoms with Crippen LogP contribution < -0.4 is 4.74 Å². The number of ether oxygens (including phenoxy) is 2. The molecule has 3 heterocycles. The summed E-state index contributed by atoms with van der Waals surface area (Å²) in [5.74, 6) is 0.525. The normalized spacial score (nSPS) is 14.2. The zero-order valence-corrected chi connectivity index (χ0v) is 22.9. The van der Waals surface area contributed by atoms with Gasteiger partial charge in [-0.25, -0.2) is 4.79 Å². The number of carboxylic acid groups (broad SMARTS) is 1. The van der Waals surface area contributed by atoms with E-state index in [4.69, 9.17) is 19.6 Å². The van der Waals surface area contributed by atoms with Crippen molar-refractivity contribution in [3.63, 3.8) is 0 Å². The molecule has 2 aromatic carbocycles. The van der Waals surface area contributed by atoms with E-state index in [-0.39, 0.29) is 19.0 Å². The molecule has 10 heteroatoms. The van der Waals surface area contributed by atoms with Crippen LogP contribution in [0.4, 0.5) is 0 Å². The first-order valence-corrected chi connectivity index (χ1v) is 13.3. The Morgan fingerprint density at radius 1 is 1.00 bits per heavy atom. The molecule has 5 rings (SSSR count). The van der Waals surface area contributed by atoms with Crippen LogP contribution in [0.25, 0.3) is 5.00 Å². The average Bonchev–Trinajstić information content (AvgIpc) is 3.40. The van der Waals surface area contributed by atoms with Gasteiger partial charge in [0.25, 0.3) is 0 Å². The minimum absolute atomic E-state index is 0.0648. The van der Waals surface area contributed by atoms with Crippen molar-refractivity contribution >= 4 is 29.0 Å². The van der Waals surface area contributed by atoms with Gasteiger partial charge >= 0.3 is 11.9 Å². The molecule has 4 aromatic rings. The summed E-state index contributed by atoms with van der Waals surface area (Å²) in [5, 5.41) is 18.5. The number of carbonyl (C=O) groups is 2. The van der Waals surface area contributed by atoms with Crippen LogP contribution in [0.1, 0.15) is 56.8 Å². The van der Waals surface area contributed by atoms with Gasteiger partial charge in [0.2, 0.25) is 0 Å². The van der Waals surface area contributed by atoms with Crippen LogP contribution in [0.2, 0.25) is 0 Å². The van der Waals surface area contributed by atoms with Gasteiger partial charge in [0, 0.05) is 16.0 Å². The van der Waals surface area contributed by atoms with Gasteiger partial charge in [-0.3, -0.25) is 14.4 Å². The molecule has 1 N–H and O–H groups in total. The number of carboxylic acids is 1. The fraction of sp³-hybridized carbons (Fsp3) is 0.276. The summed E-state index contributed by atoms with van der Waals surface area (Å²) in [6.07, 6.45) is 0.772. The predicted octanol–water partition coefficient (Wildman–Crippen LogP) is 4.76. The average molecular weight is 545 g/mol. The number of methoxy groups -OCH3 is 1. The molecule has 1 atom stereocenters. The second kappa shape index (κ2) is 10.8. The summed E-state index contributed by atoms with van der Waals surface area (Å²) in [6.45, 7) is 5.73. The van der Waals surface area contributed by atoms with Gasteiger partial charge in [-0.2, -0.15) is 0 Å². The quantitative estimate of drug-likeness (QED) is 0.318. The number of aryl methyl sites for hydroxylation is 2. The number of aromatic nitrogens is 3. The fourth-order valence-electron chi connectivity index (χ4n) is 4.63. The molecule has 0 saturated carbocycles. The van der Waals surface area contributed by atoms with Crippen molar-refractivity contribution in [1.29, 1.82) is 0 Å². The van der Waals surface area contributed by atoms with E-state index < -0.39 is 12.0 Å². The first-order valence-electron chi connectivity index (χ1n) is 12.4. The molecule has 1 aliphatic heterocycles. The van der Waals surface area contributed by atoms with Crippen LogP contribution in [0, 0.1) is 20.8 Å². The highest BCUT2D eigenvalue weighted by molar-refractivity contribution is 7.15. The van der Waals surface area contributed by atoms with E-state index >= 15 is 0 Å². The molecule has 0 aliphatic carbocycles. The topological polar surface area (TPSA) is 116 Å². The van der Waals surface area contributed by atoms with Crippen LogP contribution in [0.3, 0.4) is 0 Å². The lowest BCUT2D eigenvalue weighted by Crippen LogP contribution is -2.12. The Morgan fingerprint density at radius 3 is 2.31 bits per heavy atom. The molecule has 0 amide bonds. The number of thiophene rings is 1. The first-order chi connectivity index (χ1) is 18.7. The second-order valence-corrected chi connectivity index (χ2v) is 10.6. The highest BCUT2D eigenvalue weighted by Gasteiger charge is 2.32. The third-order valence-corrected chi connectivity index (χ3v) is 7.94. The Labute approximate surface area is 229 Å². The number of hydrogen-bond acceptors (Lipinski definition) is 8. The van der Waals surface area contributed by atoms with E-state index in [1.807, 2.05) is 23.6 Å². The van der Waals surface area contributed by atoms with Gasteiger partial charge in [0.15, 0.2) is 12.4 Å². The Hall–Kier alpha value is -4.31. The van der Waals surface area contributed by atoms with E-state index in [1.54, 1.807) is 23.5 Å². The van der Waals surface area contributed by atoms with Crippen molar-refractivity contribution in [2.75, 3.05) is 13.7 Å². The van der Waals surface area contributed by atoms with E-state index in [9.17, 15) is 9.59 Å². The lowest BCUT2D eigenvalue weighted by molar-refractivity contribution is -0.141. The number of esters is 1. The molecule has 0 saturated heterocycles. The van der Waals surface area contributed by atoms with Crippen molar-refractivity contribution in [3.05, 3.63) is 92.9 Å². The molecule has 1 aliphatic rings. The maximum absolute atomic E-state index is 12.3. The van der Waals surface area contributed by atoms with Crippen LogP contribution in [0.5, 0.6) is 5.75 Å². The summed E-state index contributed by atoms with van der Waals surface area (Å²) in [4.78, 5) is 29.3. The molecular formula is C29H28N4O5S. The summed E-state index contributed by atoms with van der Waals surface area (Å²) in [5.41, 5.74) is 6.13. The molecule has 9 nitrogen and oxygen atoms in total. The van der Waals surface area contributed by atoms with Crippen LogP contribution >= 0.6 is 11.3 Å². The summed E-state index contributed by atoms with van der Waals surface area (Å²) in [7, 11) is 1.37. The minimum Gasteiger partial charge on any atom is -0.482 e. The smallest absolute Gasteiger partial charge is 0.341 e. The molecule has 0 unspecified atom stereocenters. The van der Waals surface area contributed by atoms with Crippen molar-refractivity contribution in [2.24, 2.45) is 4.99 Å². The molecule has 2 aromatic heterocycles. The Balaban J connectivity index is 1.48. The fourth-order valence-corrected chi connectivity index (χ4v) is 5.84. The Kier molecular flexibility index (Phi) is 7.30. The minimum atomic E-state index is -1.01. The van der Waals surface area contributed by atoms with E-state index in [0.29, 0.717) is 18.0 Å².